The first kappa shape index (κ1) is 25.8. The topological polar surface area (TPSA) is 74.8 Å². The summed E-state index contributed by atoms with van der Waals surface area (Å²) in [6.07, 6.45) is 0. The van der Waals surface area contributed by atoms with E-state index in [2.05, 4.69) is 48.5 Å². The van der Waals surface area contributed by atoms with Crippen LogP contribution in [0.5, 0.6) is 0 Å². The maximum Gasteiger partial charge on any atom is 0.261 e. The van der Waals surface area contributed by atoms with Crippen molar-refractivity contribution in [3.05, 3.63) is 131 Å². The minimum atomic E-state index is -0.286. The number of hydrogen-bond acceptors (Lipinski definition) is 4. The van der Waals surface area contributed by atoms with Crippen molar-refractivity contribution in [3.63, 3.8) is 0 Å². The van der Waals surface area contributed by atoms with Crippen LogP contribution in [0.3, 0.4) is 0 Å². The van der Waals surface area contributed by atoms with E-state index in [0.29, 0.717) is 33.0 Å². The number of carbonyl (C=O) groups excluding carboxylic acids is 4. The Morgan fingerprint density at radius 1 is 0.341 bits per heavy atom. The summed E-state index contributed by atoms with van der Waals surface area (Å²) in [7, 11) is 3.03. The number of imide groups is 2. The Morgan fingerprint density at radius 2 is 0.636 bits per heavy atom. The minimum absolute atomic E-state index is 0.286. The van der Waals surface area contributed by atoms with E-state index in [1.165, 1.54) is 23.9 Å². The number of hydrogen-bond donors (Lipinski definition) is 0. The van der Waals surface area contributed by atoms with Crippen LogP contribution in [-0.4, -0.2) is 47.5 Å². The zero-order valence-electron chi connectivity index (χ0n) is 23.9. The molecule has 0 spiro atoms. The lowest BCUT2D eigenvalue weighted by molar-refractivity contribution is 0.0635. The van der Waals surface area contributed by atoms with Crippen molar-refractivity contribution in [1.82, 2.24) is 9.80 Å². The zero-order valence-corrected chi connectivity index (χ0v) is 23.9. The maximum atomic E-state index is 12.8. The molecule has 44 heavy (non-hydrogen) atoms. The summed E-state index contributed by atoms with van der Waals surface area (Å²) in [6, 6.07) is 35.2. The molecule has 0 N–H and O–H groups in total. The summed E-state index contributed by atoms with van der Waals surface area (Å²) < 4.78 is 0. The van der Waals surface area contributed by atoms with E-state index in [9.17, 15) is 19.2 Å². The van der Waals surface area contributed by atoms with Gasteiger partial charge >= 0.3 is 0 Å². The largest absolute Gasteiger partial charge is 0.277 e. The van der Waals surface area contributed by atoms with E-state index < -0.39 is 0 Å². The van der Waals surface area contributed by atoms with Crippen LogP contribution in [0.2, 0.25) is 0 Å². The first-order valence-electron chi connectivity index (χ1n) is 14.3. The number of amides is 4. The molecule has 6 nitrogen and oxygen atoms in total. The third-order valence-electron chi connectivity index (χ3n) is 8.95. The Morgan fingerprint density at radius 3 is 1.00 bits per heavy atom. The highest BCUT2D eigenvalue weighted by Gasteiger charge is 2.32. The molecule has 0 saturated carbocycles. The number of benzene rings is 6. The average Bonchev–Trinajstić information content (AvgIpc) is 3.07. The summed E-state index contributed by atoms with van der Waals surface area (Å²) >= 11 is 0. The molecule has 0 fully saturated rings. The number of nitrogens with zero attached hydrogens (tertiary/aromatic N) is 2. The minimum Gasteiger partial charge on any atom is -0.277 e. The summed E-state index contributed by atoms with van der Waals surface area (Å²) in [6.45, 7) is 0. The summed E-state index contributed by atoms with van der Waals surface area (Å²) in [4.78, 5) is 53.6. The van der Waals surface area contributed by atoms with Gasteiger partial charge < -0.3 is 0 Å². The number of carbonyl (C=O) groups is 4. The lowest BCUT2D eigenvalue weighted by atomic mass is 9.88. The molecule has 0 unspecified atom stereocenters. The van der Waals surface area contributed by atoms with Gasteiger partial charge in [0.1, 0.15) is 0 Å². The van der Waals surface area contributed by atoms with E-state index in [4.69, 9.17) is 0 Å². The highest BCUT2D eigenvalue weighted by molar-refractivity contribution is 6.28. The SMILES string of the molecule is CN1C(=O)c2cccc3c(-c4ccc(-c5ccc(-c6ccc7c8c(cccc68)C(=O)N(C)C7=O)cc5)cc4)ccc(c23)C1=O. The zero-order chi connectivity index (χ0) is 30.3. The van der Waals surface area contributed by atoms with Crippen LogP contribution in [0.15, 0.2) is 109 Å². The quantitative estimate of drug-likeness (QED) is 0.207. The molecule has 2 aliphatic heterocycles. The molecule has 0 aromatic heterocycles. The van der Waals surface area contributed by atoms with Crippen LogP contribution in [0.1, 0.15) is 41.4 Å². The molecule has 0 saturated heterocycles. The van der Waals surface area contributed by atoms with E-state index in [0.717, 1.165) is 44.2 Å². The Kier molecular flexibility index (Phi) is 5.46. The Balaban J connectivity index is 1.14. The second-order valence-electron chi connectivity index (χ2n) is 11.3. The van der Waals surface area contributed by atoms with Gasteiger partial charge in [-0.05, 0) is 68.4 Å². The van der Waals surface area contributed by atoms with Crippen molar-refractivity contribution >= 4 is 45.2 Å². The fraction of sp³-hybridized carbons (Fsp3) is 0.0526. The van der Waals surface area contributed by atoms with Crippen LogP contribution < -0.4 is 0 Å². The monoisotopic (exact) mass is 572 g/mol. The summed E-state index contributed by atoms with van der Waals surface area (Å²) in [5.41, 5.74) is 8.17. The fourth-order valence-corrected chi connectivity index (χ4v) is 6.62. The van der Waals surface area contributed by atoms with Gasteiger partial charge in [0.2, 0.25) is 0 Å². The van der Waals surface area contributed by atoms with Crippen LogP contribution >= 0.6 is 0 Å². The van der Waals surface area contributed by atoms with Crippen LogP contribution in [0, 0.1) is 0 Å². The third-order valence-corrected chi connectivity index (χ3v) is 8.95. The van der Waals surface area contributed by atoms with Crippen molar-refractivity contribution in [2.45, 2.75) is 0 Å². The van der Waals surface area contributed by atoms with Crippen molar-refractivity contribution in [2.75, 3.05) is 14.1 Å². The van der Waals surface area contributed by atoms with Gasteiger partial charge in [-0.1, -0.05) is 84.9 Å². The lowest BCUT2D eigenvalue weighted by Crippen LogP contribution is -2.36. The van der Waals surface area contributed by atoms with Crippen molar-refractivity contribution in [3.8, 4) is 33.4 Å². The van der Waals surface area contributed by atoms with Crippen molar-refractivity contribution in [1.29, 1.82) is 0 Å². The van der Waals surface area contributed by atoms with Gasteiger partial charge in [0.05, 0.1) is 0 Å². The van der Waals surface area contributed by atoms with Gasteiger partial charge in [-0.25, -0.2) is 0 Å². The first-order valence-corrected chi connectivity index (χ1v) is 14.3. The van der Waals surface area contributed by atoms with Crippen LogP contribution in [0.4, 0.5) is 0 Å². The van der Waals surface area contributed by atoms with Crippen molar-refractivity contribution < 1.29 is 19.2 Å². The number of rotatable bonds is 3. The lowest BCUT2D eigenvalue weighted by Gasteiger charge is -2.24. The molecule has 0 radical (unpaired) electrons. The van der Waals surface area contributed by atoms with E-state index in [1.54, 1.807) is 12.1 Å². The molecule has 8 rings (SSSR count). The summed E-state index contributed by atoms with van der Waals surface area (Å²) in [5, 5.41) is 3.17. The molecule has 6 heteroatoms. The van der Waals surface area contributed by atoms with Gasteiger partial charge in [-0.2, -0.15) is 0 Å². The second kappa shape index (κ2) is 9.31. The molecule has 0 atom stereocenters. The predicted octanol–water partition coefficient (Wildman–Crippen LogP) is 7.45. The van der Waals surface area contributed by atoms with Crippen LogP contribution in [0.25, 0.3) is 54.9 Å². The van der Waals surface area contributed by atoms with Gasteiger partial charge in [0.25, 0.3) is 23.6 Å². The molecule has 0 bridgehead atoms. The van der Waals surface area contributed by atoms with E-state index >= 15 is 0 Å². The molecule has 2 aliphatic rings. The maximum absolute atomic E-state index is 12.8. The predicted molar refractivity (Wildman–Crippen MR) is 171 cm³/mol. The molecule has 0 aliphatic carbocycles. The van der Waals surface area contributed by atoms with Gasteiger partial charge in [0, 0.05) is 47.1 Å². The van der Waals surface area contributed by atoms with Crippen molar-refractivity contribution in [2.24, 2.45) is 0 Å². The Hall–Kier alpha value is -5.88. The Bertz CT molecular complexity index is 2060. The fourth-order valence-electron chi connectivity index (χ4n) is 6.62. The molecule has 210 valence electrons. The summed E-state index contributed by atoms with van der Waals surface area (Å²) in [5.74, 6) is -1.14. The molecular formula is C38H24N2O4. The first-order chi connectivity index (χ1) is 21.3. The average molecular weight is 573 g/mol. The molecule has 6 aromatic carbocycles. The van der Waals surface area contributed by atoms with Gasteiger partial charge in [0.15, 0.2) is 0 Å². The molecule has 4 amide bonds. The van der Waals surface area contributed by atoms with E-state index in [1.807, 2.05) is 48.5 Å². The standard InChI is InChI=1S/C38H24N2O4/c1-39-35(41)29-7-3-5-27-25(17-19-31(33(27)29)37(39)43)23-13-9-21(10-14-23)22-11-15-24(16-12-22)26-18-20-32-34-28(26)6-4-8-30(34)36(42)40(2)38(32)44/h3-20H,1-2H3. The molecule has 2 heterocycles. The second-order valence-corrected chi connectivity index (χ2v) is 11.3. The molecular weight excluding hydrogens is 548 g/mol. The van der Waals surface area contributed by atoms with Crippen LogP contribution in [-0.2, 0) is 0 Å². The normalized spacial score (nSPS) is 14.2. The highest BCUT2D eigenvalue weighted by atomic mass is 16.2. The highest BCUT2D eigenvalue weighted by Crippen LogP contribution is 2.39. The smallest absolute Gasteiger partial charge is 0.261 e. The molecule has 6 aromatic rings. The third kappa shape index (κ3) is 3.54. The van der Waals surface area contributed by atoms with Gasteiger partial charge in [-0.15, -0.1) is 0 Å². The van der Waals surface area contributed by atoms with E-state index in [-0.39, 0.29) is 23.6 Å². The Labute approximate surface area is 252 Å². The van der Waals surface area contributed by atoms with Gasteiger partial charge in [-0.3, -0.25) is 29.0 Å².